The average molecular weight is 260 g/mol. The van der Waals surface area contributed by atoms with Gasteiger partial charge in [0.25, 0.3) is 0 Å². The number of hydrogen-bond acceptors (Lipinski definition) is 3. The molecule has 1 aliphatic rings. The summed E-state index contributed by atoms with van der Waals surface area (Å²) in [6, 6.07) is 4.56. The summed E-state index contributed by atoms with van der Waals surface area (Å²) in [6.45, 7) is 1.71. The van der Waals surface area contributed by atoms with Crippen LogP contribution in [0.5, 0.6) is 0 Å². The number of nitrogens with one attached hydrogen (secondary N) is 1. The van der Waals surface area contributed by atoms with Crippen LogP contribution in [0.25, 0.3) is 0 Å². The number of benzene rings is 1. The summed E-state index contributed by atoms with van der Waals surface area (Å²) in [6.07, 6.45) is 0. The quantitative estimate of drug-likeness (QED) is 0.828. The van der Waals surface area contributed by atoms with Gasteiger partial charge in [-0.25, -0.2) is 0 Å². The van der Waals surface area contributed by atoms with Crippen molar-refractivity contribution in [1.82, 2.24) is 5.32 Å². The fourth-order valence-electron chi connectivity index (χ4n) is 1.61. The molecule has 0 aromatic heterocycles. The minimum Gasteiger partial charge on any atom is -0.378 e. The van der Waals surface area contributed by atoms with Crippen LogP contribution in [0.15, 0.2) is 18.2 Å². The van der Waals surface area contributed by atoms with Gasteiger partial charge in [-0.15, -0.1) is 0 Å². The smallest absolute Gasteiger partial charge is 0.183 e. The van der Waals surface area contributed by atoms with E-state index in [1.165, 1.54) is 0 Å². The van der Waals surface area contributed by atoms with E-state index in [9.17, 15) is 4.79 Å². The third kappa shape index (κ3) is 2.55. The Morgan fingerprint density at radius 1 is 1.44 bits per heavy atom. The van der Waals surface area contributed by atoms with E-state index in [0.717, 1.165) is 0 Å². The maximum atomic E-state index is 12.1. The molecule has 1 fully saturated rings. The van der Waals surface area contributed by atoms with Gasteiger partial charge in [-0.1, -0.05) is 23.2 Å². The normalized spacial score (nSPS) is 20.8. The molecular weight excluding hydrogens is 249 g/mol. The first-order valence-corrected chi connectivity index (χ1v) is 5.74. The van der Waals surface area contributed by atoms with Crippen LogP contribution in [-0.2, 0) is 4.74 Å². The maximum Gasteiger partial charge on any atom is 0.183 e. The van der Waals surface area contributed by atoms with Gasteiger partial charge in [0, 0.05) is 17.1 Å². The lowest BCUT2D eigenvalue weighted by Crippen LogP contribution is -2.46. The fourth-order valence-corrected chi connectivity index (χ4v) is 2.11. The molecule has 2 rings (SSSR count). The van der Waals surface area contributed by atoms with Crippen LogP contribution < -0.4 is 5.32 Å². The second kappa shape index (κ2) is 5.15. The van der Waals surface area contributed by atoms with Gasteiger partial charge in [0.1, 0.15) is 0 Å². The monoisotopic (exact) mass is 259 g/mol. The topological polar surface area (TPSA) is 38.3 Å². The van der Waals surface area contributed by atoms with Gasteiger partial charge >= 0.3 is 0 Å². The number of Topliss-reactive ketones (excluding diaryl/α,β-unsaturated/α-hetero) is 1. The Kier molecular flexibility index (Phi) is 3.82. The van der Waals surface area contributed by atoms with E-state index in [1.807, 2.05) is 0 Å². The number of carbonyl (C=O) groups excluding carboxylic acids is 1. The minimum atomic E-state index is -0.313. The van der Waals surface area contributed by atoms with E-state index in [0.29, 0.717) is 35.4 Å². The Labute approximate surface area is 104 Å². The lowest BCUT2D eigenvalue weighted by atomic mass is 10.0. The van der Waals surface area contributed by atoms with Gasteiger partial charge in [-0.05, 0) is 18.2 Å². The number of ether oxygens (including phenoxy) is 1. The first-order chi connectivity index (χ1) is 7.68. The van der Waals surface area contributed by atoms with E-state index in [-0.39, 0.29) is 11.8 Å². The van der Waals surface area contributed by atoms with Crippen LogP contribution in [0.1, 0.15) is 10.4 Å². The molecule has 3 nitrogen and oxygen atoms in total. The Morgan fingerprint density at radius 2 is 2.25 bits per heavy atom. The summed E-state index contributed by atoms with van der Waals surface area (Å²) in [5, 5.41) is 4.00. The van der Waals surface area contributed by atoms with Crippen LogP contribution >= 0.6 is 23.2 Å². The highest BCUT2D eigenvalue weighted by molar-refractivity contribution is 6.37. The van der Waals surface area contributed by atoms with Gasteiger partial charge in [0.05, 0.1) is 24.3 Å². The lowest BCUT2D eigenvalue weighted by molar-refractivity contribution is 0.0608. The van der Waals surface area contributed by atoms with Crippen molar-refractivity contribution in [2.45, 2.75) is 6.04 Å². The first-order valence-electron chi connectivity index (χ1n) is 4.99. The summed E-state index contributed by atoms with van der Waals surface area (Å²) in [4.78, 5) is 12.1. The van der Waals surface area contributed by atoms with Crippen molar-refractivity contribution in [3.63, 3.8) is 0 Å². The lowest BCUT2D eigenvalue weighted by Gasteiger charge is -2.22. The van der Waals surface area contributed by atoms with Gasteiger partial charge in [0.2, 0.25) is 0 Å². The van der Waals surface area contributed by atoms with Crippen LogP contribution in [0.2, 0.25) is 10.0 Å². The second-order valence-corrected chi connectivity index (χ2v) is 4.41. The van der Waals surface area contributed by atoms with Crippen molar-refractivity contribution in [3.05, 3.63) is 33.8 Å². The molecule has 5 heteroatoms. The molecule has 1 aromatic rings. The molecule has 1 heterocycles. The van der Waals surface area contributed by atoms with Crippen molar-refractivity contribution in [2.75, 3.05) is 19.8 Å². The number of hydrogen-bond donors (Lipinski definition) is 1. The first kappa shape index (κ1) is 11.9. The number of carbonyl (C=O) groups is 1. The van der Waals surface area contributed by atoms with Crippen molar-refractivity contribution in [3.8, 4) is 0 Å². The SMILES string of the molecule is O=C(c1ccc(Cl)cc1Cl)C1COCCN1. The van der Waals surface area contributed by atoms with Gasteiger partial charge in [0.15, 0.2) is 5.78 Å². The second-order valence-electron chi connectivity index (χ2n) is 3.57. The molecule has 0 aliphatic carbocycles. The zero-order valence-corrected chi connectivity index (χ0v) is 10.0. The summed E-state index contributed by atoms with van der Waals surface area (Å²) in [5.41, 5.74) is 0.481. The summed E-state index contributed by atoms with van der Waals surface area (Å²) < 4.78 is 5.24. The largest absolute Gasteiger partial charge is 0.378 e. The molecular formula is C11H11Cl2NO2. The molecule has 0 saturated carbocycles. The molecule has 0 radical (unpaired) electrons. The summed E-state index contributed by atoms with van der Waals surface area (Å²) in [5.74, 6) is -0.0543. The van der Waals surface area contributed by atoms with E-state index < -0.39 is 0 Å². The Bertz CT molecular complexity index is 403. The summed E-state index contributed by atoms with van der Waals surface area (Å²) in [7, 11) is 0. The van der Waals surface area contributed by atoms with E-state index >= 15 is 0 Å². The Balaban J connectivity index is 2.19. The highest BCUT2D eigenvalue weighted by Crippen LogP contribution is 2.22. The van der Waals surface area contributed by atoms with Crippen molar-refractivity contribution in [2.24, 2.45) is 0 Å². The molecule has 1 aromatic carbocycles. The molecule has 0 bridgehead atoms. The van der Waals surface area contributed by atoms with E-state index in [1.54, 1.807) is 18.2 Å². The molecule has 0 spiro atoms. The van der Waals surface area contributed by atoms with Crippen LogP contribution in [0.3, 0.4) is 0 Å². The molecule has 16 heavy (non-hydrogen) atoms. The zero-order valence-electron chi connectivity index (χ0n) is 8.50. The molecule has 1 atom stereocenters. The van der Waals surface area contributed by atoms with Crippen LogP contribution in [0.4, 0.5) is 0 Å². The van der Waals surface area contributed by atoms with E-state index in [4.69, 9.17) is 27.9 Å². The Hall–Kier alpha value is -0.610. The fraction of sp³-hybridized carbons (Fsp3) is 0.364. The van der Waals surface area contributed by atoms with Crippen molar-refractivity contribution < 1.29 is 9.53 Å². The highest BCUT2D eigenvalue weighted by Gasteiger charge is 2.24. The molecule has 1 N–H and O–H groups in total. The Morgan fingerprint density at radius 3 is 2.88 bits per heavy atom. The number of rotatable bonds is 2. The number of ketones is 1. The third-order valence-corrected chi connectivity index (χ3v) is 2.98. The predicted molar refractivity (Wildman–Crippen MR) is 63.4 cm³/mol. The molecule has 86 valence electrons. The maximum absolute atomic E-state index is 12.1. The average Bonchev–Trinajstić information content (AvgIpc) is 2.29. The summed E-state index contributed by atoms with van der Waals surface area (Å²) >= 11 is 11.7. The van der Waals surface area contributed by atoms with Crippen LogP contribution in [0, 0.1) is 0 Å². The minimum absolute atomic E-state index is 0.0543. The number of halogens is 2. The van der Waals surface area contributed by atoms with Gasteiger partial charge in [-0.2, -0.15) is 0 Å². The van der Waals surface area contributed by atoms with Crippen molar-refractivity contribution >= 4 is 29.0 Å². The van der Waals surface area contributed by atoms with Crippen LogP contribution in [-0.4, -0.2) is 31.6 Å². The third-order valence-electron chi connectivity index (χ3n) is 2.43. The molecule has 1 saturated heterocycles. The van der Waals surface area contributed by atoms with Gasteiger partial charge < -0.3 is 10.1 Å². The molecule has 1 unspecified atom stereocenters. The van der Waals surface area contributed by atoms with Crippen molar-refractivity contribution in [1.29, 1.82) is 0 Å². The van der Waals surface area contributed by atoms with E-state index in [2.05, 4.69) is 5.32 Å². The zero-order chi connectivity index (χ0) is 11.5. The molecule has 0 amide bonds. The predicted octanol–water partition coefficient (Wildman–Crippen LogP) is 2.16. The highest BCUT2D eigenvalue weighted by atomic mass is 35.5. The van der Waals surface area contributed by atoms with Gasteiger partial charge in [-0.3, -0.25) is 4.79 Å². The number of morpholine rings is 1. The molecule has 1 aliphatic heterocycles. The standard InChI is InChI=1S/C11H11Cl2NO2/c12-7-1-2-8(9(13)5-7)11(15)10-6-16-4-3-14-10/h1-2,5,10,14H,3-4,6H2.